The Morgan fingerprint density at radius 1 is 1.23 bits per heavy atom. The molecular weight excluding hydrogens is 484 g/mol. The maximum Gasteiger partial charge on any atom is 0.320 e. The number of esters is 1. The maximum absolute atomic E-state index is 13.4. The van der Waals surface area contributed by atoms with Crippen LogP contribution in [0, 0.1) is 5.41 Å². The molecule has 0 saturated carbocycles. The van der Waals surface area contributed by atoms with E-state index in [0.29, 0.717) is 6.41 Å². The first kappa shape index (κ1) is 21.9. The van der Waals surface area contributed by atoms with E-state index in [1.54, 1.807) is 0 Å². The topological polar surface area (TPSA) is 98.8 Å². The highest BCUT2D eigenvalue weighted by atomic mass is 79.9. The number of fused-ring (bicyclic) bond motifs is 1. The van der Waals surface area contributed by atoms with Crippen LogP contribution < -0.4 is 5.32 Å². The minimum absolute atomic E-state index is 0.0405. The van der Waals surface area contributed by atoms with Crippen molar-refractivity contribution in [2.24, 2.45) is 5.41 Å². The van der Waals surface area contributed by atoms with Gasteiger partial charge in [-0.15, -0.1) is 0 Å². The molecule has 7 nitrogen and oxygen atoms in total. The SMILES string of the molecule is O=CNC1C(=O)N2CC(CBr)(C(=O)OC(c3ccccc3)c3ccccc3)C[S+]([O-])[C@H]12. The van der Waals surface area contributed by atoms with Gasteiger partial charge in [-0.25, -0.2) is 0 Å². The highest BCUT2D eigenvalue weighted by Gasteiger charge is 2.64. The summed E-state index contributed by atoms with van der Waals surface area (Å²) in [5.74, 6) is -0.821. The van der Waals surface area contributed by atoms with Crippen LogP contribution in [-0.2, 0) is 30.3 Å². The molecule has 1 N–H and O–H groups in total. The average Bonchev–Trinajstić information content (AvgIpc) is 2.81. The predicted molar refractivity (Wildman–Crippen MR) is 119 cm³/mol. The van der Waals surface area contributed by atoms with Crippen LogP contribution in [0.2, 0.25) is 0 Å². The number of amides is 2. The molecule has 4 atom stereocenters. The Morgan fingerprint density at radius 2 is 1.81 bits per heavy atom. The molecule has 4 rings (SSSR count). The summed E-state index contributed by atoms with van der Waals surface area (Å²) < 4.78 is 18.9. The van der Waals surface area contributed by atoms with E-state index in [0.717, 1.165) is 11.1 Å². The molecule has 2 fully saturated rings. The molecule has 2 amide bonds. The van der Waals surface area contributed by atoms with Crippen molar-refractivity contribution in [2.75, 3.05) is 17.6 Å². The van der Waals surface area contributed by atoms with E-state index in [-0.39, 0.29) is 23.5 Å². The third-order valence-corrected chi connectivity index (χ3v) is 8.64. The van der Waals surface area contributed by atoms with Gasteiger partial charge in [0, 0.05) is 11.9 Å². The molecule has 2 aromatic rings. The standard InChI is InChI=1S/C22H21BrN2O5S/c23-11-22(12-25-19(27)17(24-14-26)20(25)31(29)13-22)21(28)30-18(15-7-3-1-4-8-15)16-9-5-2-6-10-16/h1-10,14,17-18,20H,11-13H2,(H,24,26)/t17?,20-,22?,31?/m1/s1. The smallest absolute Gasteiger partial charge is 0.320 e. The molecule has 31 heavy (non-hydrogen) atoms. The number of hydrogen-bond donors (Lipinski definition) is 1. The fraction of sp³-hybridized carbons (Fsp3) is 0.318. The highest BCUT2D eigenvalue weighted by Crippen LogP contribution is 2.41. The Bertz CT molecular complexity index is 923. The molecule has 9 heteroatoms. The van der Waals surface area contributed by atoms with E-state index in [4.69, 9.17) is 4.74 Å². The summed E-state index contributed by atoms with van der Waals surface area (Å²) in [5, 5.41) is 2.00. The lowest BCUT2D eigenvalue weighted by molar-refractivity contribution is -0.164. The molecule has 0 radical (unpaired) electrons. The summed E-state index contributed by atoms with van der Waals surface area (Å²) in [6, 6.07) is 18.0. The van der Waals surface area contributed by atoms with Crippen LogP contribution in [0.4, 0.5) is 0 Å². The quantitative estimate of drug-likeness (QED) is 0.203. The summed E-state index contributed by atoms with van der Waals surface area (Å²) >= 11 is 1.87. The van der Waals surface area contributed by atoms with E-state index in [1.807, 2.05) is 60.7 Å². The number of alkyl halides is 1. The number of ether oxygens (including phenoxy) is 1. The number of nitrogens with one attached hydrogen (secondary N) is 1. The molecule has 0 spiro atoms. The molecular formula is C22H21BrN2O5S. The molecule has 162 valence electrons. The van der Waals surface area contributed by atoms with E-state index in [1.165, 1.54) is 4.90 Å². The molecule has 2 aromatic carbocycles. The van der Waals surface area contributed by atoms with Crippen molar-refractivity contribution < 1.29 is 23.7 Å². The lowest BCUT2D eigenvalue weighted by Crippen LogP contribution is -2.78. The number of rotatable bonds is 7. The summed E-state index contributed by atoms with van der Waals surface area (Å²) in [5.41, 5.74) is 0.485. The van der Waals surface area contributed by atoms with Gasteiger partial charge in [0.05, 0.1) is 0 Å². The van der Waals surface area contributed by atoms with Crippen molar-refractivity contribution in [2.45, 2.75) is 17.5 Å². The van der Waals surface area contributed by atoms with Gasteiger partial charge in [0.25, 0.3) is 5.91 Å². The lowest BCUT2D eigenvalue weighted by Gasteiger charge is -2.53. The zero-order valence-electron chi connectivity index (χ0n) is 16.5. The second-order valence-electron chi connectivity index (χ2n) is 7.66. The minimum atomic E-state index is -1.52. The minimum Gasteiger partial charge on any atom is -0.615 e. The molecule has 0 aromatic heterocycles. The van der Waals surface area contributed by atoms with Gasteiger partial charge in [-0.2, -0.15) is 0 Å². The lowest BCUT2D eigenvalue weighted by atomic mass is 9.89. The molecule has 2 heterocycles. The molecule has 0 aliphatic carbocycles. The van der Waals surface area contributed by atoms with Crippen molar-refractivity contribution in [3.05, 3.63) is 71.8 Å². The van der Waals surface area contributed by atoms with Crippen LogP contribution in [0.25, 0.3) is 0 Å². The summed E-state index contributed by atoms with van der Waals surface area (Å²) in [6.07, 6.45) is -0.198. The molecule has 3 unspecified atom stereocenters. The number of carbonyl (C=O) groups excluding carboxylic acids is 3. The fourth-order valence-electron chi connectivity index (χ4n) is 4.02. The first-order valence-electron chi connectivity index (χ1n) is 9.75. The van der Waals surface area contributed by atoms with Gasteiger partial charge >= 0.3 is 5.97 Å². The Balaban J connectivity index is 1.59. The number of β-lactam (4-membered cyclic amide) rings is 1. The van der Waals surface area contributed by atoms with Crippen LogP contribution in [0.15, 0.2) is 60.7 Å². The fourth-order valence-corrected chi connectivity index (χ4v) is 6.87. The Kier molecular flexibility index (Phi) is 6.36. The van der Waals surface area contributed by atoms with Gasteiger partial charge in [0.1, 0.15) is 11.2 Å². The first-order valence-corrected chi connectivity index (χ1v) is 12.3. The number of benzene rings is 2. The summed E-state index contributed by atoms with van der Waals surface area (Å²) in [7, 11) is 0. The average molecular weight is 505 g/mol. The van der Waals surface area contributed by atoms with E-state index >= 15 is 0 Å². The van der Waals surface area contributed by atoms with Crippen molar-refractivity contribution in [3.8, 4) is 0 Å². The monoisotopic (exact) mass is 504 g/mol. The third-order valence-electron chi connectivity index (χ3n) is 5.67. The molecule has 2 aliphatic heterocycles. The van der Waals surface area contributed by atoms with Crippen molar-refractivity contribution in [3.63, 3.8) is 0 Å². The second-order valence-corrected chi connectivity index (χ2v) is 9.76. The molecule has 2 aliphatic rings. The first-order chi connectivity index (χ1) is 15.0. The Labute approximate surface area is 191 Å². The van der Waals surface area contributed by atoms with Crippen LogP contribution in [0.5, 0.6) is 0 Å². The van der Waals surface area contributed by atoms with Crippen molar-refractivity contribution in [1.29, 1.82) is 0 Å². The van der Waals surface area contributed by atoms with Gasteiger partial charge in [-0.05, 0) is 22.3 Å². The van der Waals surface area contributed by atoms with E-state index < -0.39 is 40.1 Å². The van der Waals surface area contributed by atoms with Crippen LogP contribution in [0.1, 0.15) is 17.2 Å². The zero-order valence-corrected chi connectivity index (χ0v) is 18.9. The van der Waals surface area contributed by atoms with Crippen molar-refractivity contribution >= 4 is 45.4 Å². The predicted octanol–water partition coefficient (Wildman–Crippen LogP) is 1.75. The van der Waals surface area contributed by atoms with Gasteiger partial charge in [-0.3, -0.25) is 19.3 Å². The Morgan fingerprint density at radius 3 is 2.32 bits per heavy atom. The zero-order chi connectivity index (χ0) is 22.0. The molecule has 2 saturated heterocycles. The van der Waals surface area contributed by atoms with Crippen LogP contribution >= 0.6 is 15.9 Å². The Hall–Kier alpha value is -2.36. The van der Waals surface area contributed by atoms with Crippen LogP contribution in [0.3, 0.4) is 0 Å². The molecule has 0 bridgehead atoms. The summed E-state index contributed by atoms with van der Waals surface area (Å²) in [6.45, 7) is 0.0830. The van der Waals surface area contributed by atoms with Crippen LogP contribution in [-0.4, -0.2) is 56.8 Å². The normalized spacial score (nSPS) is 27.3. The van der Waals surface area contributed by atoms with Crippen molar-refractivity contribution in [1.82, 2.24) is 10.2 Å². The number of carbonyl (C=O) groups is 3. The largest absolute Gasteiger partial charge is 0.615 e. The van der Waals surface area contributed by atoms with Gasteiger partial charge in [-0.1, -0.05) is 76.6 Å². The number of nitrogens with zero attached hydrogens (tertiary/aromatic N) is 1. The van der Waals surface area contributed by atoms with Gasteiger partial charge < -0.3 is 14.6 Å². The second kappa shape index (κ2) is 9.02. The maximum atomic E-state index is 13.4. The third kappa shape index (κ3) is 3.97. The number of hydrogen-bond acceptors (Lipinski definition) is 5. The van der Waals surface area contributed by atoms with Gasteiger partial charge in [0.15, 0.2) is 12.1 Å². The highest BCUT2D eigenvalue weighted by molar-refractivity contribution is 9.09. The van der Waals surface area contributed by atoms with Gasteiger partial charge in [0.2, 0.25) is 11.8 Å². The number of halogens is 1. The summed E-state index contributed by atoms with van der Waals surface area (Å²) in [4.78, 5) is 38.0. The van der Waals surface area contributed by atoms with E-state index in [2.05, 4.69) is 21.2 Å². The van der Waals surface area contributed by atoms with E-state index in [9.17, 15) is 18.9 Å².